The minimum Gasteiger partial charge on any atom is -0.467 e. The number of rotatable bonds is 6. The van der Waals surface area contributed by atoms with Crippen LogP contribution in [0.2, 0.25) is 0 Å². The van der Waals surface area contributed by atoms with Crippen molar-refractivity contribution in [2.24, 2.45) is 11.3 Å². The van der Waals surface area contributed by atoms with Crippen LogP contribution in [0.3, 0.4) is 0 Å². The summed E-state index contributed by atoms with van der Waals surface area (Å²) in [4.78, 5) is 52.3. The van der Waals surface area contributed by atoms with E-state index in [4.69, 9.17) is 4.74 Å². The third-order valence-electron chi connectivity index (χ3n) is 4.68. The van der Waals surface area contributed by atoms with Crippen LogP contribution in [-0.4, -0.2) is 73.2 Å². The van der Waals surface area contributed by atoms with Crippen molar-refractivity contribution < 1.29 is 28.7 Å². The molecule has 0 aliphatic carbocycles. The van der Waals surface area contributed by atoms with Gasteiger partial charge < -0.3 is 24.6 Å². The average molecular weight is 399 g/mol. The third-order valence-corrected chi connectivity index (χ3v) is 4.68. The second-order valence-corrected chi connectivity index (χ2v) is 8.52. The van der Waals surface area contributed by atoms with Gasteiger partial charge in [-0.05, 0) is 17.8 Å². The lowest BCUT2D eigenvalue weighted by atomic mass is 9.90. The molecule has 1 aliphatic rings. The van der Waals surface area contributed by atoms with Crippen molar-refractivity contribution >= 4 is 23.9 Å². The molecule has 160 valence electrons. The molecular formula is C19H33N3O6. The zero-order valence-corrected chi connectivity index (χ0v) is 17.9. The van der Waals surface area contributed by atoms with Gasteiger partial charge in [-0.15, -0.1) is 0 Å². The molecule has 2 atom stereocenters. The molecule has 0 radical (unpaired) electrons. The highest BCUT2D eigenvalue weighted by atomic mass is 16.5. The number of nitrogens with one attached hydrogen (secondary N) is 1. The average Bonchev–Trinajstić information content (AvgIpc) is 3.07. The van der Waals surface area contributed by atoms with Crippen molar-refractivity contribution in [3.8, 4) is 0 Å². The fourth-order valence-corrected chi connectivity index (χ4v) is 2.91. The molecule has 1 heterocycles. The summed E-state index contributed by atoms with van der Waals surface area (Å²) in [7, 11) is 2.45. The lowest BCUT2D eigenvalue weighted by molar-refractivity contribution is -0.151. The minimum absolute atomic E-state index is 0.000185. The van der Waals surface area contributed by atoms with Gasteiger partial charge >= 0.3 is 12.1 Å². The molecule has 9 nitrogen and oxygen atoms in total. The van der Waals surface area contributed by atoms with Crippen LogP contribution >= 0.6 is 0 Å². The Kier molecular flexibility index (Phi) is 8.26. The Labute approximate surface area is 166 Å². The summed E-state index contributed by atoms with van der Waals surface area (Å²) in [5.41, 5.74) is -0.000185. The van der Waals surface area contributed by atoms with Crippen molar-refractivity contribution in [1.82, 2.24) is 15.1 Å². The lowest BCUT2D eigenvalue weighted by Gasteiger charge is -2.28. The quantitative estimate of drug-likeness (QED) is 0.676. The van der Waals surface area contributed by atoms with Crippen LogP contribution in [0.5, 0.6) is 0 Å². The standard InChI is InChI=1S/C19H33N3O6/c1-12(2)15(20-18(26)28-7)16(24)22-11-21(10-13(22)17(25)27-6)14(23)8-9-19(3,4)5/h12-13,15H,8-11H2,1-7H3,(H,20,26)/t13-,15-/m0/s1. The molecule has 0 bridgehead atoms. The summed E-state index contributed by atoms with van der Waals surface area (Å²) in [6.07, 6.45) is 0.282. The van der Waals surface area contributed by atoms with E-state index in [0.29, 0.717) is 12.8 Å². The number of nitrogens with zero attached hydrogens (tertiary/aromatic N) is 2. The van der Waals surface area contributed by atoms with Crippen LogP contribution in [0.15, 0.2) is 0 Å². The predicted molar refractivity (Wildman–Crippen MR) is 102 cm³/mol. The molecule has 0 aromatic carbocycles. The molecule has 0 aromatic heterocycles. The molecule has 1 rings (SSSR count). The van der Waals surface area contributed by atoms with Crippen molar-refractivity contribution in [3.63, 3.8) is 0 Å². The predicted octanol–water partition coefficient (Wildman–Crippen LogP) is 1.36. The van der Waals surface area contributed by atoms with Crippen LogP contribution in [-0.2, 0) is 23.9 Å². The van der Waals surface area contributed by atoms with Crippen molar-refractivity contribution in [3.05, 3.63) is 0 Å². The van der Waals surface area contributed by atoms with E-state index < -0.39 is 30.1 Å². The largest absolute Gasteiger partial charge is 0.467 e. The molecule has 28 heavy (non-hydrogen) atoms. The maximum atomic E-state index is 13.1. The fraction of sp³-hybridized carbons (Fsp3) is 0.789. The van der Waals surface area contributed by atoms with E-state index >= 15 is 0 Å². The molecule has 1 N–H and O–H groups in total. The molecule has 0 unspecified atom stereocenters. The summed E-state index contributed by atoms with van der Waals surface area (Å²) in [6, 6.07) is -1.79. The number of hydrogen-bond acceptors (Lipinski definition) is 6. The van der Waals surface area contributed by atoms with Gasteiger partial charge in [0.2, 0.25) is 11.8 Å². The van der Waals surface area contributed by atoms with Gasteiger partial charge in [-0.3, -0.25) is 9.59 Å². The van der Waals surface area contributed by atoms with Gasteiger partial charge in [-0.1, -0.05) is 34.6 Å². The van der Waals surface area contributed by atoms with Crippen LogP contribution in [0, 0.1) is 11.3 Å². The molecule has 1 saturated heterocycles. The second kappa shape index (κ2) is 9.75. The van der Waals surface area contributed by atoms with Crippen LogP contribution in [0.1, 0.15) is 47.5 Å². The Hall–Kier alpha value is -2.32. The Bertz CT molecular complexity index is 599. The molecule has 3 amide bonds. The Morgan fingerprint density at radius 2 is 1.71 bits per heavy atom. The number of carbonyl (C=O) groups is 4. The SMILES string of the molecule is COC(=O)N[C@H](C(=O)N1CN(C(=O)CCC(C)(C)C)C[C@H]1C(=O)OC)C(C)C. The van der Waals surface area contributed by atoms with Crippen molar-refractivity contribution in [2.75, 3.05) is 27.4 Å². The number of esters is 1. The lowest BCUT2D eigenvalue weighted by Crippen LogP contribution is -2.54. The minimum atomic E-state index is -0.906. The van der Waals surface area contributed by atoms with Crippen LogP contribution in [0.25, 0.3) is 0 Å². The van der Waals surface area contributed by atoms with E-state index in [2.05, 4.69) is 10.1 Å². The maximum Gasteiger partial charge on any atom is 0.407 e. The van der Waals surface area contributed by atoms with E-state index in [0.717, 1.165) is 0 Å². The highest BCUT2D eigenvalue weighted by Crippen LogP contribution is 2.24. The first-order chi connectivity index (χ1) is 12.9. The molecule has 0 aromatic rings. The zero-order chi connectivity index (χ0) is 21.6. The number of methoxy groups -OCH3 is 2. The first-order valence-electron chi connectivity index (χ1n) is 9.41. The Morgan fingerprint density at radius 3 is 2.18 bits per heavy atom. The van der Waals surface area contributed by atoms with Gasteiger partial charge in [0.05, 0.1) is 27.4 Å². The topological polar surface area (TPSA) is 105 Å². The van der Waals surface area contributed by atoms with Gasteiger partial charge in [0.25, 0.3) is 0 Å². The first-order valence-corrected chi connectivity index (χ1v) is 9.41. The van der Waals surface area contributed by atoms with Gasteiger partial charge in [0.15, 0.2) is 0 Å². The molecule has 0 saturated carbocycles. The monoisotopic (exact) mass is 399 g/mol. The van der Waals surface area contributed by atoms with E-state index in [1.165, 1.54) is 24.0 Å². The van der Waals surface area contributed by atoms with Crippen molar-refractivity contribution in [1.29, 1.82) is 0 Å². The first kappa shape index (κ1) is 23.7. The number of ether oxygens (including phenoxy) is 2. The summed E-state index contributed by atoms with van der Waals surface area (Å²) < 4.78 is 9.40. The summed E-state index contributed by atoms with van der Waals surface area (Å²) in [6.45, 7) is 9.73. The summed E-state index contributed by atoms with van der Waals surface area (Å²) in [5, 5.41) is 2.50. The highest BCUT2D eigenvalue weighted by Gasteiger charge is 2.43. The van der Waals surface area contributed by atoms with Crippen LogP contribution < -0.4 is 5.32 Å². The molecule has 9 heteroatoms. The van der Waals surface area contributed by atoms with Crippen LogP contribution in [0.4, 0.5) is 4.79 Å². The Morgan fingerprint density at radius 1 is 1.11 bits per heavy atom. The van der Waals surface area contributed by atoms with Gasteiger partial charge in [0, 0.05) is 6.42 Å². The summed E-state index contributed by atoms with van der Waals surface area (Å²) in [5.74, 6) is -1.42. The summed E-state index contributed by atoms with van der Waals surface area (Å²) >= 11 is 0. The molecular weight excluding hydrogens is 366 g/mol. The van der Waals surface area contributed by atoms with Gasteiger partial charge in [-0.2, -0.15) is 0 Å². The van der Waals surface area contributed by atoms with Gasteiger partial charge in [0.1, 0.15) is 12.1 Å². The van der Waals surface area contributed by atoms with E-state index in [1.807, 2.05) is 20.8 Å². The number of carbonyl (C=O) groups excluding carboxylic acids is 4. The smallest absolute Gasteiger partial charge is 0.407 e. The normalized spacial score (nSPS) is 18.1. The maximum absolute atomic E-state index is 13.1. The van der Waals surface area contributed by atoms with E-state index in [-0.39, 0.29) is 30.5 Å². The fourth-order valence-electron chi connectivity index (χ4n) is 2.91. The zero-order valence-electron chi connectivity index (χ0n) is 17.9. The molecule has 1 fully saturated rings. The molecule has 0 spiro atoms. The second-order valence-electron chi connectivity index (χ2n) is 8.52. The van der Waals surface area contributed by atoms with E-state index in [9.17, 15) is 19.2 Å². The Balaban J connectivity index is 2.99. The van der Waals surface area contributed by atoms with Crippen molar-refractivity contribution in [2.45, 2.75) is 59.5 Å². The molecule has 1 aliphatic heterocycles. The number of alkyl carbamates (subject to hydrolysis) is 1. The van der Waals surface area contributed by atoms with E-state index in [1.54, 1.807) is 13.8 Å². The van der Waals surface area contributed by atoms with Gasteiger partial charge in [-0.25, -0.2) is 9.59 Å². The highest BCUT2D eigenvalue weighted by molar-refractivity contribution is 5.91. The number of amides is 3. The number of hydrogen-bond donors (Lipinski definition) is 1. The third kappa shape index (κ3) is 6.38.